The molecule has 3 heteroatoms. The number of hydrogen-bond acceptors (Lipinski definition) is 2. The predicted octanol–water partition coefficient (Wildman–Crippen LogP) is 3.37. The first-order valence-corrected chi connectivity index (χ1v) is 6.86. The lowest BCUT2D eigenvalue weighted by molar-refractivity contribution is 0.264. The minimum atomic E-state index is -0.288. The summed E-state index contributed by atoms with van der Waals surface area (Å²) in [7, 11) is 0. The Hall–Kier alpha value is -1.09. The molecule has 1 aromatic carbocycles. The first kappa shape index (κ1) is 13.3. The van der Waals surface area contributed by atoms with Crippen LogP contribution in [0.25, 0.3) is 0 Å². The van der Waals surface area contributed by atoms with Gasteiger partial charge in [-0.1, -0.05) is 19.1 Å². The Labute approximate surface area is 109 Å². The van der Waals surface area contributed by atoms with Gasteiger partial charge in [0.15, 0.2) is 11.6 Å². The van der Waals surface area contributed by atoms with Crippen molar-refractivity contribution in [1.29, 1.82) is 0 Å². The van der Waals surface area contributed by atoms with E-state index in [1.165, 1.54) is 31.7 Å². The van der Waals surface area contributed by atoms with E-state index in [0.29, 0.717) is 18.4 Å². The van der Waals surface area contributed by atoms with Gasteiger partial charge in [0.2, 0.25) is 0 Å². The normalized spacial score (nSPS) is 23.9. The monoisotopic (exact) mass is 251 g/mol. The highest BCUT2D eigenvalue weighted by molar-refractivity contribution is 5.23. The van der Waals surface area contributed by atoms with Crippen LogP contribution in [-0.2, 0) is 0 Å². The Morgan fingerprint density at radius 1 is 1.22 bits per heavy atom. The number of benzene rings is 1. The van der Waals surface area contributed by atoms with Crippen molar-refractivity contribution in [1.82, 2.24) is 5.32 Å². The van der Waals surface area contributed by atoms with Crippen molar-refractivity contribution in [3.63, 3.8) is 0 Å². The third kappa shape index (κ3) is 3.98. The third-order valence-corrected chi connectivity index (χ3v) is 3.65. The van der Waals surface area contributed by atoms with Crippen LogP contribution in [0.2, 0.25) is 0 Å². The van der Waals surface area contributed by atoms with Crippen molar-refractivity contribution in [3.8, 4) is 5.75 Å². The SMILES string of the molecule is CC1CCC(NCCOc2ccccc2F)CC1. The topological polar surface area (TPSA) is 21.3 Å². The molecule has 1 aliphatic rings. The molecule has 0 aromatic heterocycles. The van der Waals surface area contributed by atoms with Gasteiger partial charge in [0.1, 0.15) is 6.61 Å². The molecular weight excluding hydrogens is 229 g/mol. The first-order chi connectivity index (χ1) is 8.75. The molecule has 1 saturated carbocycles. The van der Waals surface area contributed by atoms with Crippen molar-refractivity contribution in [3.05, 3.63) is 30.1 Å². The molecule has 0 saturated heterocycles. The summed E-state index contributed by atoms with van der Waals surface area (Å²) in [5, 5.41) is 3.48. The van der Waals surface area contributed by atoms with Gasteiger partial charge < -0.3 is 10.1 Å². The number of halogens is 1. The minimum absolute atomic E-state index is 0.288. The standard InChI is InChI=1S/C15H22FNO/c1-12-6-8-13(9-7-12)17-10-11-18-15-5-3-2-4-14(15)16/h2-5,12-13,17H,6-11H2,1H3. The van der Waals surface area contributed by atoms with E-state index in [1.807, 2.05) is 0 Å². The Kier molecular flexibility index (Phi) is 5.00. The van der Waals surface area contributed by atoms with E-state index in [1.54, 1.807) is 18.2 Å². The smallest absolute Gasteiger partial charge is 0.165 e. The summed E-state index contributed by atoms with van der Waals surface area (Å²) in [6.07, 6.45) is 5.12. The van der Waals surface area contributed by atoms with Gasteiger partial charge in [-0.05, 0) is 43.7 Å². The zero-order valence-electron chi connectivity index (χ0n) is 11.0. The number of rotatable bonds is 5. The van der Waals surface area contributed by atoms with Crippen LogP contribution in [0, 0.1) is 11.7 Å². The summed E-state index contributed by atoms with van der Waals surface area (Å²) in [4.78, 5) is 0. The van der Waals surface area contributed by atoms with Crippen LogP contribution in [-0.4, -0.2) is 19.2 Å². The van der Waals surface area contributed by atoms with Gasteiger partial charge in [0, 0.05) is 12.6 Å². The van der Waals surface area contributed by atoms with E-state index in [0.717, 1.165) is 12.5 Å². The lowest BCUT2D eigenvalue weighted by Gasteiger charge is -2.27. The molecule has 1 aromatic rings. The molecule has 1 N–H and O–H groups in total. The molecule has 0 spiro atoms. The summed E-state index contributed by atoms with van der Waals surface area (Å²) in [5.74, 6) is 0.929. The molecule has 0 aliphatic heterocycles. The Morgan fingerprint density at radius 2 is 1.94 bits per heavy atom. The summed E-state index contributed by atoms with van der Waals surface area (Å²) < 4.78 is 18.7. The van der Waals surface area contributed by atoms with Gasteiger partial charge in [0.25, 0.3) is 0 Å². The fraction of sp³-hybridized carbons (Fsp3) is 0.600. The number of nitrogens with one attached hydrogen (secondary N) is 1. The molecule has 1 fully saturated rings. The van der Waals surface area contributed by atoms with Crippen LogP contribution in [0.3, 0.4) is 0 Å². The predicted molar refractivity (Wildman–Crippen MR) is 71.3 cm³/mol. The van der Waals surface area contributed by atoms with E-state index in [9.17, 15) is 4.39 Å². The molecule has 2 nitrogen and oxygen atoms in total. The molecule has 0 atom stereocenters. The molecule has 0 radical (unpaired) electrons. The van der Waals surface area contributed by atoms with E-state index in [-0.39, 0.29) is 5.82 Å². The first-order valence-electron chi connectivity index (χ1n) is 6.86. The zero-order valence-corrected chi connectivity index (χ0v) is 11.0. The maximum atomic E-state index is 13.3. The molecule has 0 unspecified atom stereocenters. The van der Waals surface area contributed by atoms with Crippen molar-refractivity contribution < 1.29 is 9.13 Å². The number of ether oxygens (including phenoxy) is 1. The van der Waals surface area contributed by atoms with Gasteiger partial charge in [-0.2, -0.15) is 0 Å². The fourth-order valence-corrected chi connectivity index (χ4v) is 2.45. The van der Waals surface area contributed by atoms with Crippen molar-refractivity contribution in [2.75, 3.05) is 13.2 Å². The lowest BCUT2D eigenvalue weighted by atomic mass is 9.87. The Bertz CT molecular complexity index is 361. The summed E-state index contributed by atoms with van der Waals surface area (Å²) in [6, 6.07) is 7.16. The van der Waals surface area contributed by atoms with E-state index in [2.05, 4.69) is 12.2 Å². The molecule has 100 valence electrons. The quantitative estimate of drug-likeness (QED) is 0.810. The Balaban J connectivity index is 1.63. The van der Waals surface area contributed by atoms with Crippen LogP contribution < -0.4 is 10.1 Å². The average Bonchev–Trinajstić information content (AvgIpc) is 2.39. The number of hydrogen-bond donors (Lipinski definition) is 1. The third-order valence-electron chi connectivity index (χ3n) is 3.65. The van der Waals surface area contributed by atoms with Crippen molar-refractivity contribution >= 4 is 0 Å². The Morgan fingerprint density at radius 3 is 2.67 bits per heavy atom. The molecule has 2 rings (SSSR count). The van der Waals surface area contributed by atoms with Crippen molar-refractivity contribution in [2.24, 2.45) is 5.92 Å². The molecule has 1 aliphatic carbocycles. The van der Waals surface area contributed by atoms with Crippen LogP contribution in [0.15, 0.2) is 24.3 Å². The summed E-state index contributed by atoms with van der Waals surface area (Å²) in [6.45, 7) is 3.62. The van der Waals surface area contributed by atoms with E-state index in [4.69, 9.17) is 4.74 Å². The molecule has 0 heterocycles. The van der Waals surface area contributed by atoms with Gasteiger partial charge in [-0.15, -0.1) is 0 Å². The molecular formula is C15H22FNO. The minimum Gasteiger partial charge on any atom is -0.489 e. The largest absolute Gasteiger partial charge is 0.489 e. The molecule has 0 amide bonds. The highest BCUT2D eigenvalue weighted by Crippen LogP contribution is 2.23. The van der Waals surface area contributed by atoms with Crippen LogP contribution in [0.5, 0.6) is 5.75 Å². The maximum absolute atomic E-state index is 13.3. The van der Waals surface area contributed by atoms with Crippen LogP contribution in [0.1, 0.15) is 32.6 Å². The van der Waals surface area contributed by atoms with Gasteiger partial charge in [0.05, 0.1) is 0 Å². The lowest BCUT2D eigenvalue weighted by Crippen LogP contribution is -2.35. The van der Waals surface area contributed by atoms with Gasteiger partial charge in [-0.3, -0.25) is 0 Å². The molecule has 18 heavy (non-hydrogen) atoms. The van der Waals surface area contributed by atoms with Crippen LogP contribution >= 0.6 is 0 Å². The average molecular weight is 251 g/mol. The van der Waals surface area contributed by atoms with Gasteiger partial charge in [-0.25, -0.2) is 4.39 Å². The van der Waals surface area contributed by atoms with E-state index >= 15 is 0 Å². The fourth-order valence-electron chi connectivity index (χ4n) is 2.45. The summed E-state index contributed by atoms with van der Waals surface area (Å²) in [5.41, 5.74) is 0. The molecule has 0 bridgehead atoms. The van der Waals surface area contributed by atoms with Crippen molar-refractivity contribution in [2.45, 2.75) is 38.6 Å². The maximum Gasteiger partial charge on any atom is 0.165 e. The van der Waals surface area contributed by atoms with Crippen LogP contribution in [0.4, 0.5) is 4.39 Å². The second-order valence-electron chi connectivity index (χ2n) is 5.19. The second kappa shape index (κ2) is 6.74. The summed E-state index contributed by atoms with van der Waals surface area (Å²) >= 11 is 0. The number of para-hydroxylation sites is 1. The second-order valence-corrected chi connectivity index (χ2v) is 5.19. The zero-order chi connectivity index (χ0) is 12.8. The van der Waals surface area contributed by atoms with E-state index < -0.39 is 0 Å². The highest BCUT2D eigenvalue weighted by Gasteiger charge is 2.17. The highest BCUT2D eigenvalue weighted by atomic mass is 19.1. The van der Waals surface area contributed by atoms with Gasteiger partial charge >= 0.3 is 0 Å².